The van der Waals surface area contributed by atoms with Crippen LogP contribution in [-0.2, 0) is 4.74 Å². The van der Waals surface area contributed by atoms with Gasteiger partial charge in [-0.25, -0.2) is 0 Å². The molecule has 1 aliphatic heterocycles. The van der Waals surface area contributed by atoms with E-state index in [0.717, 1.165) is 11.1 Å². The number of aryl methyl sites for hydroxylation is 1. The number of rotatable bonds is 3. The number of nitrogens with zero attached hydrogens (tertiary/aromatic N) is 1. The molecule has 0 saturated carbocycles. The molecule has 1 aliphatic rings. The molecule has 3 heteroatoms. The highest BCUT2D eigenvalue weighted by molar-refractivity contribution is 5.94. The van der Waals surface area contributed by atoms with Gasteiger partial charge in [-0.05, 0) is 60.0 Å². The minimum absolute atomic E-state index is 0.0513. The lowest BCUT2D eigenvalue weighted by Crippen LogP contribution is -2.40. The molecule has 0 bridgehead atoms. The van der Waals surface area contributed by atoms with E-state index in [4.69, 9.17) is 4.74 Å². The monoisotopic (exact) mass is 407 g/mol. The maximum atomic E-state index is 12.5. The number of carbonyl (C=O) groups excluding carboxylic acids is 1. The number of amides is 1. The van der Waals surface area contributed by atoms with E-state index in [0.29, 0.717) is 31.9 Å². The summed E-state index contributed by atoms with van der Waals surface area (Å²) in [7, 11) is 0. The van der Waals surface area contributed by atoms with Crippen LogP contribution in [0.15, 0.2) is 78.9 Å². The van der Waals surface area contributed by atoms with Crippen LogP contribution in [0.5, 0.6) is 0 Å². The van der Waals surface area contributed by atoms with E-state index in [1.165, 1.54) is 16.7 Å². The molecule has 0 N–H and O–H groups in total. The molecule has 1 amide bonds. The molecule has 0 aromatic heterocycles. The molecule has 0 radical (unpaired) electrons. The fourth-order valence-electron chi connectivity index (χ4n) is 3.54. The van der Waals surface area contributed by atoms with Crippen molar-refractivity contribution in [3.8, 4) is 23.0 Å². The molecule has 0 atom stereocenters. The van der Waals surface area contributed by atoms with Crippen molar-refractivity contribution in [1.82, 2.24) is 4.90 Å². The zero-order valence-electron chi connectivity index (χ0n) is 17.7. The summed E-state index contributed by atoms with van der Waals surface area (Å²) in [5, 5.41) is 0. The standard InChI is InChI=1S/C28H25NO2/c1-22-10-14-25(15-11-22)27-9-5-4-8-24(27)7-3-2-6-23-12-16-26(17-13-23)28(30)29-18-20-31-21-19-29/h3-5,7-17H,18-21H2,1H3/b7-3+. The summed E-state index contributed by atoms with van der Waals surface area (Å²) in [6.45, 7) is 4.60. The van der Waals surface area contributed by atoms with Crippen molar-refractivity contribution in [3.63, 3.8) is 0 Å². The first kappa shape index (κ1) is 20.7. The van der Waals surface area contributed by atoms with Gasteiger partial charge in [-0.3, -0.25) is 4.79 Å². The van der Waals surface area contributed by atoms with Gasteiger partial charge in [-0.1, -0.05) is 65.9 Å². The van der Waals surface area contributed by atoms with Crippen molar-refractivity contribution in [2.45, 2.75) is 6.92 Å². The minimum Gasteiger partial charge on any atom is -0.378 e. The molecular weight excluding hydrogens is 382 g/mol. The number of ether oxygens (including phenoxy) is 1. The molecule has 0 spiro atoms. The maximum absolute atomic E-state index is 12.5. The van der Waals surface area contributed by atoms with Crippen LogP contribution in [0.25, 0.3) is 17.2 Å². The third-order valence-electron chi connectivity index (χ3n) is 5.32. The summed E-state index contributed by atoms with van der Waals surface area (Å²) in [6.07, 6.45) is 3.92. The second-order valence-corrected chi connectivity index (χ2v) is 7.54. The van der Waals surface area contributed by atoms with Gasteiger partial charge < -0.3 is 9.64 Å². The Bertz CT molecular complexity index is 1130. The predicted octanol–water partition coefficient (Wildman–Crippen LogP) is 5.20. The van der Waals surface area contributed by atoms with Crippen LogP contribution in [0, 0.1) is 18.8 Å². The second kappa shape index (κ2) is 9.93. The smallest absolute Gasteiger partial charge is 0.254 e. The molecular formula is C28H25NO2. The molecule has 1 saturated heterocycles. The highest BCUT2D eigenvalue weighted by Gasteiger charge is 2.18. The van der Waals surface area contributed by atoms with Gasteiger partial charge >= 0.3 is 0 Å². The zero-order chi connectivity index (χ0) is 21.5. The van der Waals surface area contributed by atoms with E-state index < -0.39 is 0 Å². The average Bonchev–Trinajstić information content (AvgIpc) is 2.83. The van der Waals surface area contributed by atoms with E-state index in [1.807, 2.05) is 47.4 Å². The Morgan fingerprint density at radius 3 is 2.39 bits per heavy atom. The number of hydrogen-bond acceptors (Lipinski definition) is 2. The summed E-state index contributed by atoms with van der Waals surface area (Å²) < 4.78 is 5.31. The Morgan fingerprint density at radius 2 is 1.65 bits per heavy atom. The molecule has 4 rings (SSSR count). The van der Waals surface area contributed by atoms with Crippen LogP contribution in [0.3, 0.4) is 0 Å². The summed E-state index contributed by atoms with van der Waals surface area (Å²) in [4.78, 5) is 14.4. The van der Waals surface area contributed by atoms with Crippen LogP contribution in [-0.4, -0.2) is 37.1 Å². The zero-order valence-corrected chi connectivity index (χ0v) is 17.7. The highest BCUT2D eigenvalue weighted by atomic mass is 16.5. The van der Waals surface area contributed by atoms with Crippen LogP contribution >= 0.6 is 0 Å². The average molecular weight is 408 g/mol. The van der Waals surface area contributed by atoms with E-state index in [-0.39, 0.29) is 5.91 Å². The van der Waals surface area contributed by atoms with E-state index >= 15 is 0 Å². The lowest BCUT2D eigenvalue weighted by molar-refractivity contribution is 0.0303. The summed E-state index contributed by atoms with van der Waals surface area (Å²) in [5.74, 6) is 6.30. The summed E-state index contributed by atoms with van der Waals surface area (Å²) in [5.41, 5.74) is 6.34. The van der Waals surface area contributed by atoms with Crippen LogP contribution < -0.4 is 0 Å². The van der Waals surface area contributed by atoms with Crippen molar-refractivity contribution in [3.05, 3.63) is 101 Å². The van der Waals surface area contributed by atoms with Gasteiger partial charge in [0.05, 0.1) is 13.2 Å². The van der Waals surface area contributed by atoms with Gasteiger partial charge in [0.2, 0.25) is 0 Å². The van der Waals surface area contributed by atoms with Crippen molar-refractivity contribution in [2.75, 3.05) is 26.3 Å². The number of benzene rings is 3. The predicted molar refractivity (Wildman–Crippen MR) is 126 cm³/mol. The first-order valence-electron chi connectivity index (χ1n) is 10.5. The van der Waals surface area contributed by atoms with Gasteiger partial charge in [-0.15, -0.1) is 0 Å². The van der Waals surface area contributed by atoms with Crippen molar-refractivity contribution < 1.29 is 9.53 Å². The topological polar surface area (TPSA) is 29.5 Å². The summed E-state index contributed by atoms with van der Waals surface area (Å²) in [6, 6.07) is 24.3. The largest absolute Gasteiger partial charge is 0.378 e. The van der Waals surface area contributed by atoms with Crippen molar-refractivity contribution in [2.24, 2.45) is 0 Å². The molecule has 3 aromatic carbocycles. The molecule has 0 unspecified atom stereocenters. The van der Waals surface area contributed by atoms with Crippen LogP contribution in [0.1, 0.15) is 27.0 Å². The van der Waals surface area contributed by atoms with Gasteiger partial charge in [0, 0.05) is 24.2 Å². The third-order valence-corrected chi connectivity index (χ3v) is 5.32. The molecule has 154 valence electrons. The molecule has 0 aliphatic carbocycles. The minimum atomic E-state index is 0.0513. The molecule has 1 fully saturated rings. The van der Waals surface area contributed by atoms with Gasteiger partial charge in [0.25, 0.3) is 5.91 Å². The maximum Gasteiger partial charge on any atom is 0.254 e. The Kier molecular flexibility index (Phi) is 6.62. The number of allylic oxidation sites excluding steroid dienone is 1. The highest BCUT2D eigenvalue weighted by Crippen LogP contribution is 2.25. The van der Waals surface area contributed by atoms with Crippen LogP contribution in [0.2, 0.25) is 0 Å². The van der Waals surface area contributed by atoms with E-state index in [9.17, 15) is 4.79 Å². The lowest BCUT2D eigenvalue weighted by Gasteiger charge is -2.26. The molecule has 31 heavy (non-hydrogen) atoms. The molecule has 3 nitrogen and oxygen atoms in total. The van der Waals surface area contributed by atoms with Gasteiger partial charge in [0.15, 0.2) is 0 Å². The van der Waals surface area contributed by atoms with Gasteiger partial charge in [-0.2, -0.15) is 0 Å². The Labute approximate surface area is 184 Å². The van der Waals surface area contributed by atoms with Crippen LogP contribution in [0.4, 0.5) is 0 Å². The van der Waals surface area contributed by atoms with Crippen molar-refractivity contribution in [1.29, 1.82) is 0 Å². The molecule has 3 aromatic rings. The second-order valence-electron chi connectivity index (χ2n) is 7.54. The summed E-state index contributed by atoms with van der Waals surface area (Å²) >= 11 is 0. The Hall–Kier alpha value is -3.61. The first-order chi connectivity index (χ1) is 15.2. The fourth-order valence-corrected chi connectivity index (χ4v) is 3.54. The van der Waals surface area contributed by atoms with E-state index in [1.54, 1.807) is 0 Å². The first-order valence-corrected chi connectivity index (χ1v) is 10.5. The van der Waals surface area contributed by atoms with E-state index in [2.05, 4.69) is 61.2 Å². The Balaban J connectivity index is 1.44. The number of morpholine rings is 1. The Morgan fingerprint density at radius 1 is 0.935 bits per heavy atom. The molecule has 1 heterocycles. The normalized spacial score (nSPS) is 13.6. The quantitative estimate of drug-likeness (QED) is 0.559. The number of carbonyl (C=O) groups is 1. The number of hydrogen-bond donors (Lipinski definition) is 0. The van der Waals surface area contributed by atoms with Crippen molar-refractivity contribution >= 4 is 12.0 Å². The fraction of sp³-hybridized carbons (Fsp3) is 0.179. The third kappa shape index (κ3) is 5.31. The SMILES string of the molecule is Cc1ccc(-c2ccccc2/C=C/C#Cc2ccc(C(=O)N3CCOCC3)cc2)cc1. The lowest BCUT2D eigenvalue weighted by atomic mass is 9.98. The van der Waals surface area contributed by atoms with Gasteiger partial charge in [0.1, 0.15) is 0 Å².